The van der Waals surface area contributed by atoms with Gasteiger partial charge in [0.1, 0.15) is 18.0 Å². The number of benzene rings is 1. The van der Waals surface area contributed by atoms with Gasteiger partial charge in [-0.2, -0.15) is 0 Å². The molecule has 0 aliphatic heterocycles. The Labute approximate surface area is 120 Å². The van der Waals surface area contributed by atoms with Crippen LogP contribution in [0.1, 0.15) is 11.3 Å². The van der Waals surface area contributed by atoms with E-state index in [4.69, 9.17) is 4.74 Å². The Bertz CT molecular complexity index is 704. The number of rotatable bonds is 3. The Morgan fingerprint density at radius 1 is 1.11 bits per heavy atom. The number of aromatic nitrogens is 2. The van der Waals surface area contributed by atoms with E-state index in [1.54, 1.807) is 0 Å². The molecule has 2 heterocycles. The molecule has 3 rings (SSSR count). The molecule has 0 aliphatic rings. The van der Waals surface area contributed by atoms with Crippen molar-refractivity contribution in [3.63, 3.8) is 0 Å². The minimum atomic E-state index is 0.475. The van der Waals surface area contributed by atoms with Crippen LogP contribution < -0.4 is 4.74 Å². The molecule has 0 N–H and O–H groups in total. The van der Waals surface area contributed by atoms with Crippen molar-refractivity contribution >= 4 is 21.6 Å². The van der Waals surface area contributed by atoms with Crippen LogP contribution in [0.25, 0.3) is 5.65 Å². The molecule has 96 valence electrons. The zero-order chi connectivity index (χ0) is 13.2. The molecule has 0 atom stereocenters. The quantitative estimate of drug-likeness (QED) is 0.730. The molecule has 0 spiro atoms. The van der Waals surface area contributed by atoms with Crippen LogP contribution in [0.3, 0.4) is 0 Å². The van der Waals surface area contributed by atoms with Gasteiger partial charge in [-0.05, 0) is 47.1 Å². The van der Waals surface area contributed by atoms with Gasteiger partial charge in [0.25, 0.3) is 0 Å². The highest BCUT2D eigenvalue weighted by molar-refractivity contribution is 9.10. The molecule has 19 heavy (non-hydrogen) atoms. The van der Waals surface area contributed by atoms with Crippen LogP contribution in [0, 0.1) is 6.92 Å². The van der Waals surface area contributed by atoms with Gasteiger partial charge >= 0.3 is 0 Å². The normalized spacial score (nSPS) is 10.8. The summed E-state index contributed by atoms with van der Waals surface area (Å²) in [5, 5.41) is 0. The first-order chi connectivity index (χ1) is 9.20. The molecule has 0 radical (unpaired) electrons. The van der Waals surface area contributed by atoms with E-state index in [0.29, 0.717) is 6.61 Å². The highest BCUT2D eigenvalue weighted by Crippen LogP contribution is 2.15. The third-order valence-electron chi connectivity index (χ3n) is 2.87. The van der Waals surface area contributed by atoms with Crippen LogP contribution in [0.4, 0.5) is 0 Å². The summed E-state index contributed by atoms with van der Waals surface area (Å²) in [6.45, 7) is 2.53. The van der Waals surface area contributed by atoms with Gasteiger partial charge in [0.05, 0.1) is 5.69 Å². The third-order valence-corrected chi connectivity index (χ3v) is 3.34. The maximum atomic E-state index is 5.72. The maximum Gasteiger partial charge on any atom is 0.137 e. The van der Waals surface area contributed by atoms with Crippen LogP contribution in [0.15, 0.2) is 53.3 Å². The fourth-order valence-electron chi connectivity index (χ4n) is 1.88. The second-order valence-corrected chi connectivity index (χ2v) is 5.36. The van der Waals surface area contributed by atoms with E-state index in [-0.39, 0.29) is 0 Å². The average Bonchev–Trinajstić information content (AvgIpc) is 2.80. The number of aryl methyl sites for hydroxylation is 1. The van der Waals surface area contributed by atoms with Crippen molar-refractivity contribution in [1.82, 2.24) is 9.38 Å². The van der Waals surface area contributed by atoms with Gasteiger partial charge in [-0.15, -0.1) is 0 Å². The third kappa shape index (κ3) is 2.79. The molecule has 0 saturated heterocycles. The summed E-state index contributed by atoms with van der Waals surface area (Å²) in [5.74, 6) is 0.865. The summed E-state index contributed by atoms with van der Waals surface area (Å²) in [4.78, 5) is 4.50. The van der Waals surface area contributed by atoms with Crippen molar-refractivity contribution in [2.75, 3.05) is 0 Å². The Hall–Kier alpha value is -1.81. The van der Waals surface area contributed by atoms with Crippen LogP contribution >= 0.6 is 15.9 Å². The van der Waals surface area contributed by atoms with E-state index in [1.807, 2.05) is 53.2 Å². The Kier molecular flexibility index (Phi) is 3.25. The number of hydrogen-bond acceptors (Lipinski definition) is 2. The first-order valence-corrected chi connectivity index (χ1v) is 6.82. The smallest absolute Gasteiger partial charge is 0.137 e. The van der Waals surface area contributed by atoms with Crippen molar-refractivity contribution < 1.29 is 4.74 Å². The second kappa shape index (κ2) is 5.05. The number of pyridine rings is 1. The number of halogens is 1. The molecule has 0 bridgehead atoms. The number of fused-ring (bicyclic) bond motifs is 1. The van der Waals surface area contributed by atoms with E-state index in [1.165, 1.54) is 5.56 Å². The van der Waals surface area contributed by atoms with Gasteiger partial charge in [0.15, 0.2) is 0 Å². The monoisotopic (exact) mass is 316 g/mol. The SMILES string of the molecule is Cc1ccc(OCc2cn3cc(Br)ccc3n2)cc1. The lowest BCUT2D eigenvalue weighted by molar-refractivity contribution is 0.302. The lowest BCUT2D eigenvalue weighted by Crippen LogP contribution is -1.95. The summed E-state index contributed by atoms with van der Waals surface area (Å²) >= 11 is 3.44. The zero-order valence-corrected chi connectivity index (χ0v) is 12.1. The van der Waals surface area contributed by atoms with Gasteiger partial charge < -0.3 is 9.14 Å². The summed E-state index contributed by atoms with van der Waals surface area (Å²) in [7, 11) is 0. The van der Waals surface area contributed by atoms with Gasteiger partial charge in [-0.25, -0.2) is 4.98 Å². The lowest BCUT2D eigenvalue weighted by Gasteiger charge is -2.03. The lowest BCUT2D eigenvalue weighted by atomic mass is 10.2. The van der Waals surface area contributed by atoms with Gasteiger partial charge in [-0.3, -0.25) is 0 Å². The molecule has 1 aromatic carbocycles. The van der Waals surface area contributed by atoms with Crippen LogP contribution in [0.5, 0.6) is 5.75 Å². The number of ether oxygens (including phenoxy) is 1. The minimum Gasteiger partial charge on any atom is -0.487 e. The molecule has 0 unspecified atom stereocenters. The van der Waals surface area contributed by atoms with Crippen LogP contribution in [-0.4, -0.2) is 9.38 Å². The summed E-state index contributed by atoms with van der Waals surface area (Å²) < 4.78 is 8.73. The maximum absolute atomic E-state index is 5.72. The fourth-order valence-corrected chi connectivity index (χ4v) is 2.23. The summed E-state index contributed by atoms with van der Waals surface area (Å²) in [6, 6.07) is 12.0. The topological polar surface area (TPSA) is 26.5 Å². The average molecular weight is 317 g/mol. The van der Waals surface area contributed by atoms with Crippen molar-refractivity contribution in [1.29, 1.82) is 0 Å². The predicted molar refractivity (Wildman–Crippen MR) is 78.4 cm³/mol. The first kappa shape index (κ1) is 12.2. The van der Waals surface area contributed by atoms with Crippen LogP contribution in [-0.2, 0) is 6.61 Å². The molecular formula is C15H13BrN2O. The Morgan fingerprint density at radius 2 is 1.89 bits per heavy atom. The molecule has 0 aliphatic carbocycles. The Balaban J connectivity index is 1.76. The first-order valence-electron chi connectivity index (χ1n) is 6.03. The second-order valence-electron chi connectivity index (χ2n) is 4.45. The molecule has 3 aromatic rings. The van der Waals surface area contributed by atoms with Gasteiger partial charge in [0.2, 0.25) is 0 Å². The minimum absolute atomic E-state index is 0.475. The van der Waals surface area contributed by atoms with E-state index in [0.717, 1.165) is 21.6 Å². The molecule has 2 aromatic heterocycles. The fraction of sp³-hybridized carbons (Fsp3) is 0.133. The highest BCUT2D eigenvalue weighted by Gasteiger charge is 2.03. The van der Waals surface area contributed by atoms with Crippen molar-refractivity contribution in [2.24, 2.45) is 0 Å². The molecule has 0 saturated carbocycles. The number of nitrogens with zero attached hydrogens (tertiary/aromatic N) is 2. The molecule has 0 fully saturated rings. The largest absolute Gasteiger partial charge is 0.487 e. The van der Waals surface area contributed by atoms with Gasteiger partial charge in [0, 0.05) is 16.9 Å². The standard InChI is InChI=1S/C15H13BrN2O/c1-11-2-5-14(6-3-11)19-10-13-9-18-8-12(16)4-7-15(18)17-13/h2-9H,10H2,1H3. The van der Waals surface area contributed by atoms with E-state index >= 15 is 0 Å². The van der Waals surface area contributed by atoms with Crippen molar-refractivity contribution in [3.8, 4) is 5.75 Å². The molecule has 0 amide bonds. The molecule has 4 heteroatoms. The molecule has 3 nitrogen and oxygen atoms in total. The Morgan fingerprint density at radius 3 is 2.68 bits per heavy atom. The van der Waals surface area contributed by atoms with Crippen molar-refractivity contribution in [2.45, 2.75) is 13.5 Å². The zero-order valence-electron chi connectivity index (χ0n) is 10.5. The summed E-state index contributed by atoms with van der Waals surface area (Å²) in [5.41, 5.74) is 3.06. The van der Waals surface area contributed by atoms with Crippen LogP contribution in [0.2, 0.25) is 0 Å². The van der Waals surface area contributed by atoms with Gasteiger partial charge in [-0.1, -0.05) is 17.7 Å². The van der Waals surface area contributed by atoms with Crippen molar-refractivity contribution in [3.05, 3.63) is 64.5 Å². The number of imidazole rings is 1. The predicted octanol–water partition coefficient (Wildman–Crippen LogP) is 3.98. The highest BCUT2D eigenvalue weighted by atomic mass is 79.9. The van der Waals surface area contributed by atoms with E-state index in [9.17, 15) is 0 Å². The van der Waals surface area contributed by atoms with E-state index in [2.05, 4.69) is 27.8 Å². The van der Waals surface area contributed by atoms with E-state index < -0.39 is 0 Å². The number of hydrogen-bond donors (Lipinski definition) is 0. The summed E-state index contributed by atoms with van der Waals surface area (Å²) in [6.07, 6.45) is 3.96. The molecular weight excluding hydrogens is 304 g/mol.